The van der Waals surface area contributed by atoms with Crippen molar-refractivity contribution in [3.63, 3.8) is 0 Å². The quantitative estimate of drug-likeness (QED) is 0.572. The lowest BCUT2D eigenvalue weighted by atomic mass is 9.71. The molecule has 3 fully saturated rings. The number of hydrogen-bond donors (Lipinski definition) is 1. The lowest BCUT2D eigenvalue weighted by molar-refractivity contribution is -0.161. The summed E-state index contributed by atoms with van der Waals surface area (Å²) in [4.78, 5) is 7.13. The highest BCUT2D eigenvalue weighted by Crippen LogP contribution is 2.43. The highest BCUT2D eigenvalue weighted by molar-refractivity contribution is 5.65. The first-order chi connectivity index (χ1) is 15.2. The maximum Gasteiger partial charge on any atom is 0.153 e. The van der Waals surface area contributed by atoms with Gasteiger partial charge in [-0.15, -0.1) is 0 Å². The largest absolute Gasteiger partial charge is 0.371 e. The number of fused-ring (bicyclic) bond motifs is 4. The average Bonchev–Trinajstić information content (AvgIpc) is 3.10. The van der Waals surface area contributed by atoms with Gasteiger partial charge in [0.1, 0.15) is 0 Å². The molecule has 3 aliphatic heterocycles. The molecule has 2 N–H and O–H groups in total. The van der Waals surface area contributed by atoms with Gasteiger partial charge in [0.15, 0.2) is 5.82 Å². The van der Waals surface area contributed by atoms with Gasteiger partial charge in [-0.3, -0.25) is 9.69 Å². The Hall–Kier alpha value is -2.45. The van der Waals surface area contributed by atoms with Crippen LogP contribution in [-0.2, 0) is 24.2 Å². The van der Waals surface area contributed by atoms with Gasteiger partial charge in [-0.25, -0.2) is 4.98 Å². The van der Waals surface area contributed by atoms with E-state index in [9.17, 15) is 0 Å². The van der Waals surface area contributed by atoms with E-state index in [1.807, 2.05) is 14.0 Å². The summed E-state index contributed by atoms with van der Waals surface area (Å²) in [6.07, 6.45) is 5.15. The van der Waals surface area contributed by atoms with Crippen molar-refractivity contribution in [3.05, 3.63) is 34.3 Å². The SMILES string of the molecule is C=NN(C)c1nc(C)cc(N2CCc3c(c(C)nn3CC34CCC(N)(CC3)CO4)C2)c1C. The number of pyridine rings is 1. The van der Waals surface area contributed by atoms with Crippen molar-refractivity contribution >= 4 is 18.2 Å². The number of aryl methyl sites for hydroxylation is 2. The Morgan fingerprint density at radius 2 is 2.00 bits per heavy atom. The Morgan fingerprint density at radius 1 is 1.25 bits per heavy atom. The van der Waals surface area contributed by atoms with E-state index in [4.69, 9.17) is 15.6 Å². The molecule has 8 heteroatoms. The standard InChI is InChI=1S/C24H35N7O/c1-16-12-21(17(2)22(27-16)29(5)26-4)30-11-6-20-19(13-30)18(3)28-31(20)14-24-9-7-23(25,8-10-24)15-32-24/h12H,4,6-11,13-15,25H2,1-3,5H3. The minimum atomic E-state index is -0.101. The molecule has 5 heterocycles. The molecular formula is C24H35N7O. The first-order valence-electron chi connectivity index (χ1n) is 11.6. The average molecular weight is 438 g/mol. The summed E-state index contributed by atoms with van der Waals surface area (Å²) < 4.78 is 8.55. The van der Waals surface area contributed by atoms with E-state index < -0.39 is 0 Å². The zero-order valence-corrected chi connectivity index (χ0v) is 19.8. The predicted octanol–water partition coefficient (Wildman–Crippen LogP) is 2.86. The summed E-state index contributed by atoms with van der Waals surface area (Å²) in [5, 5.41) is 10.8. The molecular weight excluding hydrogens is 402 g/mol. The van der Waals surface area contributed by atoms with Crippen molar-refractivity contribution in [2.24, 2.45) is 10.8 Å². The smallest absolute Gasteiger partial charge is 0.153 e. The van der Waals surface area contributed by atoms with E-state index >= 15 is 0 Å². The molecule has 6 rings (SSSR count). The van der Waals surface area contributed by atoms with Gasteiger partial charge in [-0.1, -0.05) is 0 Å². The fourth-order valence-electron chi connectivity index (χ4n) is 5.68. The molecule has 1 aliphatic carbocycles. The van der Waals surface area contributed by atoms with Crippen LogP contribution >= 0.6 is 0 Å². The van der Waals surface area contributed by atoms with Crippen LogP contribution in [0.5, 0.6) is 0 Å². The molecule has 172 valence electrons. The van der Waals surface area contributed by atoms with Gasteiger partial charge >= 0.3 is 0 Å². The molecule has 0 unspecified atom stereocenters. The van der Waals surface area contributed by atoms with E-state index in [0.29, 0.717) is 6.61 Å². The molecule has 1 saturated carbocycles. The Bertz CT molecular complexity index is 1030. The summed E-state index contributed by atoms with van der Waals surface area (Å²) in [5.41, 5.74) is 13.4. The Kier molecular flexibility index (Phi) is 5.05. The Labute approximate surface area is 190 Å². The van der Waals surface area contributed by atoms with Gasteiger partial charge in [0.05, 0.1) is 24.4 Å². The van der Waals surface area contributed by atoms with E-state index in [1.54, 1.807) is 5.01 Å². The highest BCUT2D eigenvalue weighted by atomic mass is 16.5. The zero-order chi connectivity index (χ0) is 22.7. The molecule has 2 aromatic heterocycles. The van der Waals surface area contributed by atoms with Crippen LogP contribution in [0.1, 0.15) is 53.9 Å². The first-order valence-corrected chi connectivity index (χ1v) is 11.6. The zero-order valence-electron chi connectivity index (χ0n) is 19.8. The maximum absolute atomic E-state index is 6.43. The van der Waals surface area contributed by atoms with Crippen molar-refractivity contribution < 1.29 is 4.74 Å². The van der Waals surface area contributed by atoms with Gasteiger partial charge in [0, 0.05) is 67.0 Å². The monoisotopic (exact) mass is 437 g/mol. The fraction of sp³-hybridized carbons (Fsp3) is 0.625. The van der Waals surface area contributed by atoms with Crippen molar-refractivity contribution in [3.8, 4) is 0 Å². The second-order valence-corrected chi connectivity index (χ2v) is 10.1. The van der Waals surface area contributed by atoms with Crippen molar-refractivity contribution in [1.82, 2.24) is 14.8 Å². The minimum Gasteiger partial charge on any atom is -0.371 e. The topological polar surface area (TPSA) is 84.8 Å². The molecule has 4 aliphatic rings. The van der Waals surface area contributed by atoms with E-state index in [-0.39, 0.29) is 11.1 Å². The number of aromatic nitrogens is 3. The van der Waals surface area contributed by atoms with Gasteiger partial charge < -0.3 is 15.4 Å². The van der Waals surface area contributed by atoms with Crippen molar-refractivity contribution in [1.29, 1.82) is 0 Å². The Balaban J connectivity index is 1.41. The Morgan fingerprint density at radius 3 is 2.66 bits per heavy atom. The highest BCUT2D eigenvalue weighted by Gasteiger charge is 2.48. The maximum atomic E-state index is 6.43. The summed E-state index contributed by atoms with van der Waals surface area (Å²) in [6.45, 7) is 13.3. The third kappa shape index (κ3) is 3.49. The van der Waals surface area contributed by atoms with Crippen LogP contribution in [0.15, 0.2) is 11.2 Å². The fourth-order valence-corrected chi connectivity index (χ4v) is 5.68. The van der Waals surface area contributed by atoms with E-state index in [1.165, 1.54) is 16.9 Å². The third-order valence-corrected chi connectivity index (χ3v) is 7.80. The minimum absolute atomic E-state index is 0.0968. The molecule has 0 spiro atoms. The second-order valence-electron chi connectivity index (χ2n) is 10.1. The number of ether oxygens (including phenoxy) is 1. The molecule has 32 heavy (non-hydrogen) atoms. The van der Waals surface area contributed by atoms with Crippen LogP contribution in [0.4, 0.5) is 11.5 Å². The van der Waals surface area contributed by atoms with Crippen LogP contribution < -0.4 is 15.6 Å². The summed E-state index contributed by atoms with van der Waals surface area (Å²) >= 11 is 0. The molecule has 0 radical (unpaired) electrons. The number of nitrogens with zero attached hydrogens (tertiary/aromatic N) is 6. The number of anilines is 2. The normalized spacial score (nSPS) is 26.8. The lowest BCUT2D eigenvalue weighted by Crippen LogP contribution is -2.60. The van der Waals surface area contributed by atoms with Crippen LogP contribution in [0.2, 0.25) is 0 Å². The number of hydrogen-bond acceptors (Lipinski definition) is 7. The second kappa shape index (κ2) is 7.56. The summed E-state index contributed by atoms with van der Waals surface area (Å²) in [5.74, 6) is 0.857. The molecule has 2 saturated heterocycles. The molecule has 0 atom stereocenters. The molecule has 2 aromatic rings. The number of hydrazone groups is 1. The molecule has 8 nitrogen and oxygen atoms in total. The van der Waals surface area contributed by atoms with Crippen LogP contribution in [0.3, 0.4) is 0 Å². The van der Waals surface area contributed by atoms with E-state index in [0.717, 1.165) is 74.5 Å². The van der Waals surface area contributed by atoms with E-state index in [2.05, 4.69) is 46.3 Å². The van der Waals surface area contributed by atoms with Gasteiger partial charge in [-0.05, 0) is 52.5 Å². The van der Waals surface area contributed by atoms with Gasteiger partial charge in [-0.2, -0.15) is 10.2 Å². The molecule has 2 bridgehead atoms. The third-order valence-electron chi connectivity index (χ3n) is 7.80. The molecule has 0 amide bonds. The predicted molar refractivity (Wildman–Crippen MR) is 127 cm³/mol. The summed E-state index contributed by atoms with van der Waals surface area (Å²) in [7, 11) is 1.89. The summed E-state index contributed by atoms with van der Waals surface area (Å²) in [6, 6.07) is 2.18. The number of nitrogens with two attached hydrogens (primary N) is 1. The lowest BCUT2D eigenvalue weighted by Gasteiger charge is -2.51. The van der Waals surface area contributed by atoms with Crippen molar-refractivity contribution in [2.75, 3.05) is 30.1 Å². The van der Waals surface area contributed by atoms with Gasteiger partial charge in [0.25, 0.3) is 0 Å². The van der Waals surface area contributed by atoms with Gasteiger partial charge in [0.2, 0.25) is 0 Å². The van der Waals surface area contributed by atoms with Crippen LogP contribution in [0.25, 0.3) is 0 Å². The van der Waals surface area contributed by atoms with Crippen molar-refractivity contribution in [2.45, 2.75) is 77.1 Å². The number of rotatable bonds is 5. The van der Waals surface area contributed by atoms with Crippen LogP contribution in [0, 0.1) is 20.8 Å². The molecule has 0 aromatic carbocycles. The van der Waals surface area contributed by atoms with Crippen LogP contribution in [-0.4, -0.2) is 52.8 Å². The first kappa shape index (κ1) is 21.4.